The van der Waals surface area contributed by atoms with Crippen LogP contribution < -0.4 is 14.8 Å². The van der Waals surface area contributed by atoms with E-state index in [1.165, 1.54) is 6.08 Å². The summed E-state index contributed by atoms with van der Waals surface area (Å²) < 4.78 is 11.6. The zero-order valence-corrected chi connectivity index (χ0v) is 16.9. The monoisotopic (exact) mass is 404 g/mol. The lowest BCUT2D eigenvalue weighted by atomic mass is 10.0. The van der Waals surface area contributed by atoms with Crippen LogP contribution in [0, 0.1) is 0 Å². The molecule has 0 spiro atoms. The van der Waals surface area contributed by atoms with E-state index in [9.17, 15) is 9.59 Å². The summed E-state index contributed by atoms with van der Waals surface area (Å²) in [5.74, 6) is 0.767. The maximum absolute atomic E-state index is 12.5. The maximum Gasteiger partial charge on any atom is 0.329 e. The summed E-state index contributed by atoms with van der Waals surface area (Å²) in [6, 6.07) is 13.0. The Morgan fingerprint density at radius 3 is 2.53 bits per heavy atom. The van der Waals surface area contributed by atoms with E-state index in [-0.39, 0.29) is 12.2 Å². The van der Waals surface area contributed by atoms with Gasteiger partial charge in [0.05, 0.1) is 7.11 Å². The lowest BCUT2D eigenvalue weighted by Gasteiger charge is -2.16. The Labute approximate surface area is 176 Å². The number of rotatable bonds is 9. The van der Waals surface area contributed by atoms with Crippen LogP contribution in [0.1, 0.15) is 16.7 Å². The van der Waals surface area contributed by atoms with Crippen LogP contribution in [0.2, 0.25) is 0 Å². The molecule has 0 radical (unpaired) electrons. The van der Waals surface area contributed by atoms with Gasteiger partial charge in [-0.05, 0) is 35.8 Å². The molecule has 1 aliphatic heterocycles. The van der Waals surface area contributed by atoms with Gasteiger partial charge in [-0.3, -0.25) is 9.69 Å². The summed E-state index contributed by atoms with van der Waals surface area (Å²) in [5, 5.41) is 2.60. The number of allylic oxidation sites excluding steroid dienone is 1. The van der Waals surface area contributed by atoms with E-state index >= 15 is 0 Å². The summed E-state index contributed by atoms with van der Waals surface area (Å²) in [6.45, 7) is 7.94. The van der Waals surface area contributed by atoms with Crippen LogP contribution >= 0.6 is 0 Å². The second kappa shape index (κ2) is 9.60. The molecule has 0 unspecified atom stereocenters. The number of benzene rings is 2. The first-order chi connectivity index (χ1) is 14.6. The quantitative estimate of drug-likeness (QED) is 0.388. The van der Waals surface area contributed by atoms with Gasteiger partial charge in [0.2, 0.25) is 0 Å². The number of hydrogen-bond acceptors (Lipinski definition) is 4. The van der Waals surface area contributed by atoms with Gasteiger partial charge in [0.1, 0.15) is 12.3 Å². The summed E-state index contributed by atoms with van der Waals surface area (Å²) in [4.78, 5) is 25.5. The van der Waals surface area contributed by atoms with E-state index < -0.39 is 11.9 Å². The maximum atomic E-state index is 12.5. The molecule has 0 bridgehead atoms. The largest absolute Gasteiger partial charge is 0.493 e. The molecule has 0 aliphatic carbocycles. The number of carbonyl (C=O) groups excluding carboxylic acids is 2. The van der Waals surface area contributed by atoms with E-state index in [1.807, 2.05) is 36.4 Å². The molecule has 6 nitrogen and oxygen atoms in total. The van der Waals surface area contributed by atoms with Gasteiger partial charge in [0.15, 0.2) is 11.5 Å². The fraction of sp³-hybridized carbons (Fsp3) is 0.167. The van der Waals surface area contributed by atoms with Gasteiger partial charge in [-0.15, -0.1) is 13.2 Å². The van der Waals surface area contributed by atoms with Crippen molar-refractivity contribution in [2.45, 2.75) is 13.0 Å². The van der Waals surface area contributed by atoms with Crippen molar-refractivity contribution < 1.29 is 19.1 Å². The zero-order chi connectivity index (χ0) is 21.5. The molecular formula is C24H24N2O4. The number of nitrogens with one attached hydrogen (secondary N) is 1. The number of amides is 3. The van der Waals surface area contributed by atoms with E-state index in [1.54, 1.807) is 25.3 Å². The van der Waals surface area contributed by atoms with Crippen molar-refractivity contribution in [3.8, 4) is 11.5 Å². The number of ether oxygens (including phenoxy) is 2. The Hall–Kier alpha value is -3.80. The SMILES string of the molecule is C=CCc1cc(C=C2NC(=O)N(CC=C)C2=O)cc(OC)c1OCc1ccccc1. The fourth-order valence-corrected chi connectivity index (χ4v) is 3.15. The number of carbonyl (C=O) groups is 2. The van der Waals surface area contributed by atoms with Crippen molar-refractivity contribution in [1.82, 2.24) is 10.2 Å². The Morgan fingerprint density at radius 2 is 1.87 bits per heavy atom. The third-order valence-corrected chi connectivity index (χ3v) is 4.55. The molecule has 3 rings (SSSR count). The standard InChI is InChI=1S/C24H24N2O4/c1-4-9-19-13-18(14-20-23(27)26(12-5-2)24(28)25-20)15-21(29-3)22(19)30-16-17-10-7-6-8-11-17/h4-8,10-11,13-15H,1-2,9,12,16H2,3H3,(H,25,28). The normalized spacial score (nSPS) is 14.6. The van der Waals surface area contributed by atoms with Crippen LogP contribution in [0.15, 0.2) is 73.5 Å². The third kappa shape index (κ3) is 4.60. The van der Waals surface area contributed by atoms with Crippen molar-refractivity contribution in [2.75, 3.05) is 13.7 Å². The molecule has 2 aromatic carbocycles. The van der Waals surface area contributed by atoms with E-state index in [0.29, 0.717) is 30.1 Å². The van der Waals surface area contributed by atoms with Gasteiger partial charge in [0.25, 0.3) is 5.91 Å². The summed E-state index contributed by atoms with van der Waals surface area (Å²) in [6.07, 6.45) is 5.46. The van der Waals surface area contributed by atoms with E-state index in [0.717, 1.165) is 16.0 Å². The Morgan fingerprint density at radius 1 is 1.10 bits per heavy atom. The van der Waals surface area contributed by atoms with Gasteiger partial charge in [-0.2, -0.15) is 0 Å². The Balaban J connectivity index is 1.92. The second-order valence-electron chi connectivity index (χ2n) is 6.67. The van der Waals surface area contributed by atoms with Crippen molar-refractivity contribution in [3.63, 3.8) is 0 Å². The van der Waals surface area contributed by atoms with Crippen molar-refractivity contribution >= 4 is 18.0 Å². The van der Waals surface area contributed by atoms with Gasteiger partial charge >= 0.3 is 6.03 Å². The summed E-state index contributed by atoms with van der Waals surface area (Å²) >= 11 is 0. The molecule has 30 heavy (non-hydrogen) atoms. The molecule has 3 amide bonds. The van der Waals surface area contributed by atoms with Crippen LogP contribution in [-0.4, -0.2) is 30.5 Å². The van der Waals surface area contributed by atoms with Crippen LogP contribution in [0.25, 0.3) is 6.08 Å². The fourth-order valence-electron chi connectivity index (χ4n) is 3.15. The highest BCUT2D eigenvalue weighted by atomic mass is 16.5. The number of urea groups is 1. The topological polar surface area (TPSA) is 67.9 Å². The number of nitrogens with zero attached hydrogens (tertiary/aromatic N) is 1. The molecule has 0 aromatic heterocycles. The first kappa shape index (κ1) is 20.9. The third-order valence-electron chi connectivity index (χ3n) is 4.55. The summed E-state index contributed by atoms with van der Waals surface area (Å²) in [5.41, 5.74) is 2.81. The van der Waals surface area contributed by atoms with Gasteiger partial charge < -0.3 is 14.8 Å². The zero-order valence-electron chi connectivity index (χ0n) is 16.9. The van der Waals surface area contributed by atoms with Gasteiger partial charge in [-0.1, -0.05) is 42.5 Å². The van der Waals surface area contributed by atoms with Crippen molar-refractivity contribution in [2.24, 2.45) is 0 Å². The molecule has 1 saturated heterocycles. The van der Waals surface area contributed by atoms with Crippen molar-refractivity contribution in [3.05, 3.63) is 90.2 Å². The second-order valence-corrected chi connectivity index (χ2v) is 6.67. The predicted molar refractivity (Wildman–Crippen MR) is 116 cm³/mol. The lowest BCUT2D eigenvalue weighted by Crippen LogP contribution is -2.30. The van der Waals surface area contributed by atoms with Gasteiger partial charge in [-0.25, -0.2) is 4.79 Å². The minimum absolute atomic E-state index is 0.152. The van der Waals surface area contributed by atoms with Crippen LogP contribution in [0.3, 0.4) is 0 Å². The molecule has 1 N–H and O–H groups in total. The average Bonchev–Trinajstić information content (AvgIpc) is 3.01. The number of imide groups is 1. The molecule has 6 heteroatoms. The average molecular weight is 404 g/mol. The lowest BCUT2D eigenvalue weighted by molar-refractivity contribution is -0.122. The van der Waals surface area contributed by atoms with E-state index in [4.69, 9.17) is 9.47 Å². The highest BCUT2D eigenvalue weighted by molar-refractivity contribution is 6.14. The minimum Gasteiger partial charge on any atom is -0.493 e. The summed E-state index contributed by atoms with van der Waals surface area (Å²) in [7, 11) is 1.56. The highest BCUT2D eigenvalue weighted by Crippen LogP contribution is 2.35. The molecule has 1 fully saturated rings. The van der Waals surface area contributed by atoms with Crippen molar-refractivity contribution in [1.29, 1.82) is 0 Å². The number of hydrogen-bond donors (Lipinski definition) is 1. The van der Waals surface area contributed by atoms with Crippen LogP contribution in [-0.2, 0) is 17.8 Å². The smallest absolute Gasteiger partial charge is 0.329 e. The highest BCUT2D eigenvalue weighted by Gasteiger charge is 2.32. The molecule has 0 atom stereocenters. The first-order valence-corrected chi connectivity index (χ1v) is 9.51. The molecular weight excluding hydrogens is 380 g/mol. The van der Waals surface area contributed by atoms with Crippen LogP contribution in [0.5, 0.6) is 11.5 Å². The minimum atomic E-state index is -0.466. The molecule has 2 aromatic rings. The van der Waals surface area contributed by atoms with Gasteiger partial charge in [0, 0.05) is 12.1 Å². The Bertz CT molecular complexity index is 996. The predicted octanol–water partition coefficient (Wildman–Crippen LogP) is 4.08. The molecule has 154 valence electrons. The molecule has 1 aliphatic rings. The number of methoxy groups -OCH3 is 1. The molecule has 0 saturated carbocycles. The van der Waals surface area contributed by atoms with Crippen LogP contribution in [0.4, 0.5) is 4.79 Å². The molecule has 1 heterocycles. The Kier molecular flexibility index (Phi) is 6.70. The first-order valence-electron chi connectivity index (χ1n) is 9.51. The van der Waals surface area contributed by atoms with E-state index in [2.05, 4.69) is 18.5 Å².